The van der Waals surface area contributed by atoms with E-state index in [-0.39, 0.29) is 11.6 Å². The van der Waals surface area contributed by atoms with Gasteiger partial charge in [0.25, 0.3) is 5.91 Å². The number of carbonyl (C=O) groups is 1. The number of ether oxygens (including phenoxy) is 2. The fourth-order valence-corrected chi connectivity index (χ4v) is 4.24. The van der Waals surface area contributed by atoms with Crippen LogP contribution in [0.2, 0.25) is 0 Å². The average molecular weight is 438 g/mol. The van der Waals surface area contributed by atoms with Gasteiger partial charge in [0.1, 0.15) is 11.5 Å². The van der Waals surface area contributed by atoms with Gasteiger partial charge in [-0.25, -0.2) is 4.99 Å². The second kappa shape index (κ2) is 8.22. The Balaban J connectivity index is 2.02. The van der Waals surface area contributed by atoms with Crippen LogP contribution in [0, 0.1) is 0 Å². The SMILES string of the molecule is COc1cc(OC)cc(C(=O)N2C(=Nc3cccc(C(F)(F)F)c3)SCC2(C)C)c1. The first kappa shape index (κ1) is 22.0. The molecule has 30 heavy (non-hydrogen) atoms. The molecule has 1 heterocycles. The number of hydrogen-bond acceptors (Lipinski definition) is 5. The molecule has 1 aliphatic rings. The molecule has 3 rings (SSSR count). The molecule has 1 aliphatic heterocycles. The van der Waals surface area contributed by atoms with E-state index in [1.165, 1.54) is 43.0 Å². The maximum absolute atomic E-state index is 13.4. The Bertz CT molecular complexity index is 967. The van der Waals surface area contributed by atoms with Crippen molar-refractivity contribution < 1.29 is 27.4 Å². The average Bonchev–Trinajstić information content (AvgIpc) is 3.00. The van der Waals surface area contributed by atoms with E-state index in [1.54, 1.807) is 18.2 Å². The Morgan fingerprint density at radius 1 is 1.10 bits per heavy atom. The van der Waals surface area contributed by atoms with E-state index in [4.69, 9.17) is 9.47 Å². The Labute approximate surface area is 176 Å². The molecular formula is C21H21F3N2O3S. The van der Waals surface area contributed by atoms with Gasteiger partial charge in [0.15, 0.2) is 5.17 Å². The van der Waals surface area contributed by atoms with Crippen LogP contribution in [0.1, 0.15) is 29.8 Å². The molecule has 1 amide bonds. The highest BCUT2D eigenvalue weighted by Gasteiger charge is 2.42. The number of methoxy groups -OCH3 is 2. The quantitative estimate of drug-likeness (QED) is 0.643. The lowest BCUT2D eigenvalue weighted by Crippen LogP contribution is -2.46. The molecule has 1 fully saturated rings. The molecule has 0 saturated carbocycles. The van der Waals surface area contributed by atoms with Crippen molar-refractivity contribution in [1.82, 2.24) is 4.90 Å². The summed E-state index contributed by atoms with van der Waals surface area (Å²) < 4.78 is 49.6. The standard InChI is InChI=1S/C21H21F3N2O3S/c1-20(2)12-30-19(25-15-7-5-6-14(10-15)21(22,23)24)26(20)18(27)13-8-16(28-3)11-17(9-13)29-4/h5-11H,12H2,1-4H3. The van der Waals surface area contributed by atoms with Crippen LogP contribution in [0.4, 0.5) is 18.9 Å². The van der Waals surface area contributed by atoms with E-state index in [1.807, 2.05) is 13.8 Å². The number of halogens is 3. The second-order valence-corrected chi connectivity index (χ2v) is 8.23. The fourth-order valence-electron chi connectivity index (χ4n) is 3.00. The molecule has 0 radical (unpaired) electrons. The zero-order chi connectivity index (χ0) is 22.1. The van der Waals surface area contributed by atoms with Crippen molar-refractivity contribution in [3.8, 4) is 11.5 Å². The maximum atomic E-state index is 13.4. The van der Waals surface area contributed by atoms with Crippen molar-refractivity contribution in [2.45, 2.75) is 25.6 Å². The van der Waals surface area contributed by atoms with Crippen molar-refractivity contribution in [3.63, 3.8) is 0 Å². The molecule has 0 N–H and O–H groups in total. The van der Waals surface area contributed by atoms with Crippen LogP contribution in [-0.4, -0.2) is 41.5 Å². The number of aliphatic imine (C=N–C) groups is 1. The number of amides is 1. The van der Waals surface area contributed by atoms with Gasteiger partial charge in [-0.1, -0.05) is 17.8 Å². The first-order chi connectivity index (χ1) is 14.0. The van der Waals surface area contributed by atoms with Crippen molar-refractivity contribution >= 4 is 28.5 Å². The molecular weight excluding hydrogens is 417 g/mol. The van der Waals surface area contributed by atoms with Crippen LogP contribution < -0.4 is 9.47 Å². The lowest BCUT2D eigenvalue weighted by atomic mass is 10.0. The molecule has 2 aromatic carbocycles. The molecule has 0 spiro atoms. The van der Waals surface area contributed by atoms with Gasteiger partial charge in [0, 0.05) is 17.4 Å². The summed E-state index contributed by atoms with van der Waals surface area (Å²) in [6.45, 7) is 3.76. The molecule has 0 unspecified atom stereocenters. The van der Waals surface area contributed by atoms with E-state index in [2.05, 4.69) is 4.99 Å². The summed E-state index contributed by atoms with van der Waals surface area (Å²) in [5, 5.41) is 0.339. The maximum Gasteiger partial charge on any atom is 0.416 e. The summed E-state index contributed by atoms with van der Waals surface area (Å²) in [6, 6.07) is 9.56. The minimum absolute atomic E-state index is 0.131. The second-order valence-electron chi connectivity index (χ2n) is 7.29. The van der Waals surface area contributed by atoms with E-state index in [0.717, 1.165) is 12.1 Å². The van der Waals surface area contributed by atoms with Gasteiger partial charge < -0.3 is 9.47 Å². The molecule has 0 bridgehead atoms. The van der Waals surface area contributed by atoms with Crippen molar-refractivity contribution in [1.29, 1.82) is 0 Å². The van der Waals surface area contributed by atoms with Crippen LogP contribution in [0.3, 0.4) is 0 Å². The fraction of sp³-hybridized carbons (Fsp3) is 0.333. The third-order valence-electron chi connectivity index (χ3n) is 4.55. The number of alkyl halides is 3. The molecule has 2 aromatic rings. The van der Waals surface area contributed by atoms with Crippen LogP contribution in [0.25, 0.3) is 0 Å². The van der Waals surface area contributed by atoms with Crippen LogP contribution in [-0.2, 0) is 6.18 Å². The highest BCUT2D eigenvalue weighted by atomic mass is 32.2. The van der Waals surface area contributed by atoms with Gasteiger partial charge in [-0.15, -0.1) is 0 Å². The number of rotatable bonds is 4. The first-order valence-corrected chi connectivity index (χ1v) is 10.00. The minimum Gasteiger partial charge on any atom is -0.497 e. The molecule has 0 aromatic heterocycles. The van der Waals surface area contributed by atoms with Crippen molar-refractivity contribution in [3.05, 3.63) is 53.6 Å². The van der Waals surface area contributed by atoms with Crippen LogP contribution in [0.15, 0.2) is 47.5 Å². The lowest BCUT2D eigenvalue weighted by Gasteiger charge is -2.30. The zero-order valence-electron chi connectivity index (χ0n) is 16.9. The normalized spacial score (nSPS) is 17.3. The predicted octanol–water partition coefficient (Wildman–Crippen LogP) is 5.38. The third-order valence-corrected chi connectivity index (χ3v) is 5.93. The van der Waals surface area contributed by atoms with E-state index >= 15 is 0 Å². The number of thioether (sulfide) groups is 1. The molecule has 0 atom stereocenters. The van der Waals surface area contributed by atoms with Gasteiger partial charge in [-0.2, -0.15) is 13.2 Å². The summed E-state index contributed by atoms with van der Waals surface area (Å²) in [5.41, 5.74) is -0.912. The predicted molar refractivity (Wildman–Crippen MR) is 111 cm³/mol. The van der Waals surface area contributed by atoms with Gasteiger partial charge in [0.2, 0.25) is 0 Å². The first-order valence-electron chi connectivity index (χ1n) is 9.01. The van der Waals surface area contributed by atoms with Crippen LogP contribution >= 0.6 is 11.8 Å². The number of nitrogens with zero attached hydrogens (tertiary/aromatic N) is 2. The van der Waals surface area contributed by atoms with Gasteiger partial charge in [0.05, 0.1) is 31.0 Å². The summed E-state index contributed by atoms with van der Waals surface area (Å²) >= 11 is 1.32. The number of hydrogen-bond donors (Lipinski definition) is 0. The van der Waals surface area contributed by atoms with Crippen molar-refractivity contribution in [2.24, 2.45) is 4.99 Å². The number of amidine groups is 1. The molecule has 5 nitrogen and oxygen atoms in total. The molecule has 0 aliphatic carbocycles. The molecule has 160 valence electrons. The van der Waals surface area contributed by atoms with Gasteiger partial charge >= 0.3 is 6.18 Å². The summed E-state index contributed by atoms with van der Waals surface area (Å²) in [4.78, 5) is 19.2. The van der Waals surface area contributed by atoms with Gasteiger partial charge in [-0.3, -0.25) is 9.69 Å². The summed E-state index contributed by atoms with van der Waals surface area (Å²) in [6.07, 6.45) is -4.47. The third kappa shape index (κ3) is 4.56. The summed E-state index contributed by atoms with van der Waals surface area (Å²) in [7, 11) is 2.97. The topological polar surface area (TPSA) is 51.1 Å². The number of benzene rings is 2. The Hall–Kier alpha value is -2.68. The van der Waals surface area contributed by atoms with Crippen molar-refractivity contribution in [2.75, 3.05) is 20.0 Å². The van der Waals surface area contributed by atoms with E-state index < -0.39 is 17.3 Å². The highest BCUT2D eigenvalue weighted by Crippen LogP contribution is 2.37. The zero-order valence-corrected chi connectivity index (χ0v) is 17.7. The Morgan fingerprint density at radius 3 is 2.30 bits per heavy atom. The number of carbonyl (C=O) groups excluding carboxylic acids is 1. The Kier molecular flexibility index (Phi) is 6.03. The summed E-state index contributed by atoms with van der Waals surface area (Å²) in [5.74, 6) is 1.13. The monoisotopic (exact) mass is 438 g/mol. The van der Waals surface area contributed by atoms with E-state index in [0.29, 0.717) is 28.0 Å². The largest absolute Gasteiger partial charge is 0.497 e. The Morgan fingerprint density at radius 2 is 1.73 bits per heavy atom. The molecule has 9 heteroatoms. The van der Waals surface area contributed by atoms with Crippen LogP contribution in [0.5, 0.6) is 11.5 Å². The smallest absolute Gasteiger partial charge is 0.416 e. The van der Waals surface area contributed by atoms with Gasteiger partial charge in [-0.05, 0) is 44.2 Å². The van der Waals surface area contributed by atoms with E-state index in [9.17, 15) is 18.0 Å². The lowest BCUT2D eigenvalue weighted by molar-refractivity contribution is -0.137. The highest BCUT2D eigenvalue weighted by molar-refractivity contribution is 8.14. The molecule has 1 saturated heterocycles. The minimum atomic E-state index is -4.47.